The summed E-state index contributed by atoms with van der Waals surface area (Å²) in [5.74, 6) is 0.816. The van der Waals surface area contributed by atoms with Gasteiger partial charge in [-0.1, -0.05) is 6.07 Å². The second-order valence-corrected chi connectivity index (χ2v) is 4.81. The Morgan fingerprint density at radius 2 is 1.81 bits per heavy atom. The van der Waals surface area contributed by atoms with E-state index in [4.69, 9.17) is 0 Å². The summed E-state index contributed by atoms with van der Waals surface area (Å²) in [4.78, 5) is 0. The molecule has 3 heteroatoms. The molecular weight excluding hydrogens is 198 g/mol. The van der Waals surface area contributed by atoms with Crippen LogP contribution in [-0.2, 0) is 13.1 Å². The van der Waals surface area contributed by atoms with E-state index < -0.39 is 0 Å². The van der Waals surface area contributed by atoms with Crippen molar-refractivity contribution in [3.63, 3.8) is 0 Å². The maximum Gasteiger partial charge on any atom is 0.0389 e. The van der Waals surface area contributed by atoms with E-state index in [1.165, 1.54) is 35.2 Å². The number of fused-ring (bicyclic) bond motifs is 1. The molecule has 1 heterocycles. The van der Waals surface area contributed by atoms with Crippen LogP contribution in [0, 0.1) is 0 Å². The number of hydrogen-bond acceptors (Lipinski definition) is 3. The minimum Gasteiger partial charge on any atom is -0.388 e. The van der Waals surface area contributed by atoms with Crippen molar-refractivity contribution in [3.8, 4) is 0 Å². The van der Waals surface area contributed by atoms with Gasteiger partial charge in [-0.05, 0) is 48.6 Å². The Bertz CT molecular complexity index is 410. The zero-order valence-corrected chi connectivity index (χ0v) is 10.0. The zero-order valence-electron chi connectivity index (χ0n) is 10.0. The van der Waals surface area contributed by atoms with Crippen molar-refractivity contribution in [2.24, 2.45) is 0 Å². The van der Waals surface area contributed by atoms with Crippen LogP contribution in [-0.4, -0.2) is 19.1 Å². The van der Waals surface area contributed by atoms with Gasteiger partial charge < -0.3 is 5.32 Å². The average molecular weight is 217 g/mol. The van der Waals surface area contributed by atoms with Crippen molar-refractivity contribution in [1.82, 2.24) is 10.4 Å². The van der Waals surface area contributed by atoms with Crippen molar-refractivity contribution in [3.05, 3.63) is 28.8 Å². The van der Waals surface area contributed by atoms with Crippen molar-refractivity contribution in [1.29, 1.82) is 0 Å². The second kappa shape index (κ2) is 3.75. The van der Waals surface area contributed by atoms with Crippen LogP contribution in [0.3, 0.4) is 0 Å². The van der Waals surface area contributed by atoms with E-state index in [2.05, 4.69) is 27.9 Å². The normalized spacial score (nSPS) is 19.9. The third-order valence-electron chi connectivity index (χ3n) is 3.70. The summed E-state index contributed by atoms with van der Waals surface area (Å²) < 4.78 is 0. The molecule has 16 heavy (non-hydrogen) atoms. The fourth-order valence-electron chi connectivity index (χ4n) is 2.58. The van der Waals surface area contributed by atoms with Crippen LogP contribution < -0.4 is 10.7 Å². The number of nitrogens with zero attached hydrogens (tertiary/aromatic N) is 1. The number of hydrazine groups is 1. The lowest BCUT2D eigenvalue weighted by Gasteiger charge is -2.11. The predicted molar refractivity (Wildman–Crippen MR) is 66.3 cm³/mol. The summed E-state index contributed by atoms with van der Waals surface area (Å²) >= 11 is 0. The Hall–Kier alpha value is -1.06. The lowest BCUT2D eigenvalue weighted by Crippen LogP contribution is -2.29. The average Bonchev–Trinajstić information content (AvgIpc) is 3.07. The van der Waals surface area contributed by atoms with E-state index in [-0.39, 0.29) is 0 Å². The highest BCUT2D eigenvalue weighted by atomic mass is 15.5. The van der Waals surface area contributed by atoms with E-state index in [9.17, 15) is 0 Å². The molecule has 1 fully saturated rings. The second-order valence-electron chi connectivity index (χ2n) is 4.81. The third kappa shape index (κ3) is 1.60. The topological polar surface area (TPSA) is 27.3 Å². The van der Waals surface area contributed by atoms with Crippen LogP contribution in [0.2, 0.25) is 0 Å². The van der Waals surface area contributed by atoms with Gasteiger partial charge in [0.15, 0.2) is 0 Å². The fraction of sp³-hybridized carbons (Fsp3) is 0.538. The van der Waals surface area contributed by atoms with E-state index in [1.807, 2.05) is 14.1 Å². The highest BCUT2D eigenvalue weighted by molar-refractivity contribution is 5.58. The van der Waals surface area contributed by atoms with E-state index in [0.717, 1.165) is 19.0 Å². The molecule has 0 saturated heterocycles. The summed E-state index contributed by atoms with van der Waals surface area (Å²) in [6, 6.07) is 4.75. The lowest BCUT2D eigenvalue weighted by atomic mass is 10.0. The van der Waals surface area contributed by atoms with Crippen LogP contribution in [0.1, 0.15) is 35.4 Å². The molecule has 0 bridgehead atoms. The Balaban J connectivity index is 1.97. The Labute approximate surface area is 96.8 Å². The van der Waals surface area contributed by atoms with Gasteiger partial charge in [-0.2, -0.15) is 0 Å². The third-order valence-corrected chi connectivity index (χ3v) is 3.70. The van der Waals surface area contributed by atoms with Crippen LogP contribution in [0.25, 0.3) is 0 Å². The minimum atomic E-state index is 0.816. The van der Waals surface area contributed by atoms with Crippen LogP contribution in [0.15, 0.2) is 12.1 Å². The minimum absolute atomic E-state index is 0.816. The zero-order chi connectivity index (χ0) is 11.1. The summed E-state index contributed by atoms with van der Waals surface area (Å²) in [5, 5.41) is 5.59. The number of nitrogens with one attached hydrogen (secondary N) is 2. The maximum atomic E-state index is 3.34. The Kier molecular flexibility index (Phi) is 2.37. The first-order chi connectivity index (χ1) is 7.81. The molecule has 0 amide bonds. The molecular formula is C13H19N3. The molecule has 86 valence electrons. The van der Waals surface area contributed by atoms with E-state index in [0.29, 0.717) is 0 Å². The van der Waals surface area contributed by atoms with Crippen LogP contribution in [0.4, 0.5) is 5.69 Å². The predicted octanol–water partition coefficient (Wildman–Crippen LogP) is 2.06. The number of rotatable bonds is 3. The van der Waals surface area contributed by atoms with E-state index >= 15 is 0 Å². The van der Waals surface area contributed by atoms with Crippen molar-refractivity contribution in [2.45, 2.75) is 31.8 Å². The molecule has 0 atom stereocenters. The van der Waals surface area contributed by atoms with Crippen molar-refractivity contribution >= 4 is 5.69 Å². The lowest BCUT2D eigenvalue weighted by molar-refractivity contribution is 0.212. The summed E-state index contributed by atoms with van der Waals surface area (Å²) in [7, 11) is 4.02. The smallest absolute Gasteiger partial charge is 0.0389 e. The molecule has 0 unspecified atom stereocenters. The van der Waals surface area contributed by atoms with Crippen LogP contribution in [0.5, 0.6) is 0 Å². The summed E-state index contributed by atoms with van der Waals surface area (Å²) in [6.45, 7) is 2.06. The SMILES string of the molecule is CNc1cc2c(cc1C1CC1)CN(NC)C2. The molecule has 0 radical (unpaired) electrons. The number of anilines is 1. The van der Waals surface area contributed by atoms with Gasteiger partial charge >= 0.3 is 0 Å². The highest BCUT2D eigenvalue weighted by Crippen LogP contribution is 2.45. The van der Waals surface area contributed by atoms with Gasteiger partial charge in [0.2, 0.25) is 0 Å². The first-order valence-electron chi connectivity index (χ1n) is 6.07. The largest absolute Gasteiger partial charge is 0.388 e. The summed E-state index contributed by atoms with van der Waals surface area (Å²) in [5.41, 5.74) is 9.04. The quantitative estimate of drug-likeness (QED) is 0.811. The molecule has 2 N–H and O–H groups in total. The molecule has 0 spiro atoms. The molecule has 3 rings (SSSR count). The van der Waals surface area contributed by atoms with Gasteiger partial charge in [-0.25, -0.2) is 5.01 Å². The van der Waals surface area contributed by atoms with Gasteiger partial charge in [0.05, 0.1) is 0 Å². The van der Waals surface area contributed by atoms with Gasteiger partial charge in [0.1, 0.15) is 0 Å². The monoisotopic (exact) mass is 217 g/mol. The molecule has 1 aliphatic carbocycles. The fourth-order valence-corrected chi connectivity index (χ4v) is 2.58. The number of benzene rings is 1. The Morgan fingerprint density at radius 3 is 2.38 bits per heavy atom. The molecule has 1 aromatic carbocycles. The molecule has 3 nitrogen and oxygen atoms in total. The van der Waals surface area contributed by atoms with Gasteiger partial charge in [-0.15, -0.1) is 0 Å². The first-order valence-corrected chi connectivity index (χ1v) is 6.07. The van der Waals surface area contributed by atoms with Gasteiger partial charge in [-0.3, -0.25) is 5.43 Å². The first kappa shape index (κ1) is 10.1. The number of hydrogen-bond donors (Lipinski definition) is 2. The highest BCUT2D eigenvalue weighted by Gasteiger charge is 2.28. The van der Waals surface area contributed by atoms with Gasteiger partial charge in [0, 0.05) is 25.8 Å². The summed E-state index contributed by atoms with van der Waals surface area (Å²) in [6.07, 6.45) is 2.73. The standard InChI is InChI=1S/C13H19N3/c1-14-13-6-11-8-16(15-2)7-10(11)5-12(13)9-3-4-9/h5-6,9,14-15H,3-4,7-8H2,1-2H3. The van der Waals surface area contributed by atoms with Crippen molar-refractivity contribution in [2.75, 3.05) is 19.4 Å². The molecule has 0 aromatic heterocycles. The Morgan fingerprint density at radius 1 is 1.12 bits per heavy atom. The van der Waals surface area contributed by atoms with E-state index in [1.54, 1.807) is 0 Å². The molecule has 1 aliphatic heterocycles. The van der Waals surface area contributed by atoms with Crippen molar-refractivity contribution < 1.29 is 0 Å². The molecule has 1 aromatic rings. The van der Waals surface area contributed by atoms with Gasteiger partial charge in [0.25, 0.3) is 0 Å². The molecule has 1 saturated carbocycles. The van der Waals surface area contributed by atoms with Crippen LogP contribution >= 0.6 is 0 Å². The molecule has 2 aliphatic rings. The maximum absolute atomic E-state index is 3.34.